The molecule has 5 nitrogen and oxygen atoms in total. The van der Waals surface area contributed by atoms with Gasteiger partial charge < -0.3 is 16.0 Å². The lowest BCUT2D eigenvalue weighted by Gasteiger charge is -2.01. The Morgan fingerprint density at radius 2 is 1.93 bits per heavy atom. The fraction of sp³-hybridized carbons (Fsp3) is 0.200. The van der Waals surface area contributed by atoms with Crippen molar-refractivity contribution in [2.24, 2.45) is 10.9 Å². The van der Waals surface area contributed by atoms with Crippen LogP contribution in [-0.4, -0.2) is 28.5 Å². The van der Waals surface area contributed by atoms with Gasteiger partial charge in [-0.25, -0.2) is 4.79 Å². The van der Waals surface area contributed by atoms with E-state index in [2.05, 4.69) is 5.16 Å². The Bertz CT molecular complexity index is 371. The average molecular weight is 208 g/mol. The fourth-order valence-electron chi connectivity index (χ4n) is 1.22. The zero-order valence-corrected chi connectivity index (χ0v) is 8.05. The number of aliphatic carboxylic acids is 1. The van der Waals surface area contributed by atoms with Crippen LogP contribution in [0.5, 0.6) is 0 Å². The number of nitrogens with zero attached hydrogens (tertiary/aromatic N) is 1. The second-order valence-electron chi connectivity index (χ2n) is 2.99. The van der Waals surface area contributed by atoms with E-state index >= 15 is 0 Å². The van der Waals surface area contributed by atoms with Gasteiger partial charge >= 0.3 is 5.97 Å². The normalized spacial score (nSPS) is 11.4. The van der Waals surface area contributed by atoms with Crippen molar-refractivity contribution in [3.8, 4) is 0 Å². The summed E-state index contributed by atoms with van der Waals surface area (Å²) in [6, 6.07) is 6.70. The number of hydrogen-bond acceptors (Lipinski definition) is 4. The lowest BCUT2D eigenvalue weighted by Crippen LogP contribution is -2.14. The average Bonchev–Trinajstić information content (AvgIpc) is 2.21. The van der Waals surface area contributed by atoms with Gasteiger partial charge in [-0.15, -0.1) is 0 Å². The molecule has 1 rings (SSSR count). The molecule has 1 aromatic carbocycles. The fourth-order valence-corrected chi connectivity index (χ4v) is 1.22. The van der Waals surface area contributed by atoms with E-state index < -0.39 is 5.97 Å². The van der Waals surface area contributed by atoms with Crippen LogP contribution in [0.2, 0.25) is 0 Å². The summed E-state index contributed by atoms with van der Waals surface area (Å²) in [6.45, 7) is 0.541. The molecule has 0 fully saturated rings. The highest BCUT2D eigenvalue weighted by atomic mass is 16.4. The monoisotopic (exact) mass is 208 g/mol. The summed E-state index contributed by atoms with van der Waals surface area (Å²) in [5, 5.41) is 19.9. The van der Waals surface area contributed by atoms with Crippen molar-refractivity contribution in [1.82, 2.24) is 0 Å². The van der Waals surface area contributed by atoms with Crippen LogP contribution < -0.4 is 5.73 Å². The van der Waals surface area contributed by atoms with Crippen LogP contribution in [-0.2, 0) is 11.2 Å². The molecular weight excluding hydrogens is 196 g/mol. The van der Waals surface area contributed by atoms with Crippen molar-refractivity contribution in [3.05, 3.63) is 35.4 Å². The van der Waals surface area contributed by atoms with E-state index in [1.807, 2.05) is 0 Å². The van der Waals surface area contributed by atoms with Gasteiger partial charge in [0.1, 0.15) is 0 Å². The lowest BCUT2D eigenvalue weighted by atomic mass is 10.1. The van der Waals surface area contributed by atoms with Crippen LogP contribution >= 0.6 is 0 Å². The van der Waals surface area contributed by atoms with Crippen molar-refractivity contribution < 1.29 is 15.1 Å². The lowest BCUT2D eigenvalue weighted by molar-refractivity contribution is -0.129. The molecule has 0 saturated carbocycles. The van der Waals surface area contributed by atoms with Gasteiger partial charge in [0.2, 0.25) is 0 Å². The summed E-state index contributed by atoms with van der Waals surface area (Å²) in [7, 11) is 0. The number of oxime groups is 1. The van der Waals surface area contributed by atoms with Crippen molar-refractivity contribution in [2.45, 2.75) is 6.42 Å². The quantitative estimate of drug-likeness (QED) is 0.380. The van der Waals surface area contributed by atoms with E-state index in [1.54, 1.807) is 24.3 Å². The molecule has 80 valence electrons. The second-order valence-corrected chi connectivity index (χ2v) is 2.99. The van der Waals surface area contributed by atoms with Gasteiger partial charge in [-0.1, -0.05) is 29.4 Å². The van der Waals surface area contributed by atoms with Crippen LogP contribution in [0.15, 0.2) is 29.4 Å². The van der Waals surface area contributed by atoms with Crippen molar-refractivity contribution in [2.75, 3.05) is 6.54 Å². The highest BCUT2D eigenvalue weighted by Crippen LogP contribution is 2.06. The van der Waals surface area contributed by atoms with Gasteiger partial charge in [-0.2, -0.15) is 0 Å². The topological polar surface area (TPSA) is 95.9 Å². The van der Waals surface area contributed by atoms with Gasteiger partial charge in [-0.05, 0) is 18.5 Å². The molecule has 0 spiro atoms. The third kappa shape index (κ3) is 2.78. The van der Waals surface area contributed by atoms with Crippen LogP contribution in [0, 0.1) is 0 Å². The molecule has 0 radical (unpaired) electrons. The predicted octanol–water partition coefficient (Wildman–Crippen LogP) is 0.451. The highest BCUT2D eigenvalue weighted by Gasteiger charge is 2.12. The number of nitrogens with two attached hydrogens (primary N) is 1. The minimum absolute atomic E-state index is 0.366. The smallest absolute Gasteiger partial charge is 0.358 e. The molecule has 0 saturated heterocycles. The Labute approximate surface area is 86.8 Å². The Kier molecular flexibility index (Phi) is 3.82. The third-order valence-corrected chi connectivity index (χ3v) is 1.96. The Balaban J connectivity index is 2.92. The summed E-state index contributed by atoms with van der Waals surface area (Å²) in [5.41, 5.74) is 6.39. The van der Waals surface area contributed by atoms with E-state index in [4.69, 9.17) is 16.0 Å². The summed E-state index contributed by atoms with van der Waals surface area (Å²) in [4.78, 5) is 10.6. The molecular formula is C10H12N2O3. The van der Waals surface area contributed by atoms with Gasteiger partial charge in [0.25, 0.3) is 0 Å². The maximum Gasteiger partial charge on any atom is 0.358 e. The maximum atomic E-state index is 10.6. The van der Waals surface area contributed by atoms with Gasteiger partial charge in [0.05, 0.1) is 0 Å². The molecule has 0 heterocycles. The van der Waals surface area contributed by atoms with Crippen molar-refractivity contribution >= 4 is 11.7 Å². The highest BCUT2D eigenvalue weighted by molar-refractivity contribution is 6.42. The van der Waals surface area contributed by atoms with E-state index in [-0.39, 0.29) is 5.71 Å². The molecule has 5 heteroatoms. The second kappa shape index (κ2) is 5.11. The van der Waals surface area contributed by atoms with E-state index in [1.165, 1.54) is 0 Å². The summed E-state index contributed by atoms with van der Waals surface area (Å²) < 4.78 is 0. The molecule has 0 aliphatic carbocycles. The number of carbonyl (C=O) groups is 1. The van der Waals surface area contributed by atoms with E-state index in [0.717, 1.165) is 12.0 Å². The van der Waals surface area contributed by atoms with Crippen LogP contribution in [0.4, 0.5) is 0 Å². The van der Waals surface area contributed by atoms with Gasteiger partial charge in [0.15, 0.2) is 5.71 Å². The first-order valence-corrected chi connectivity index (χ1v) is 4.43. The zero-order valence-electron chi connectivity index (χ0n) is 8.05. The Hall–Kier alpha value is -1.88. The molecule has 0 amide bonds. The zero-order chi connectivity index (χ0) is 11.3. The molecule has 1 aromatic rings. The molecule has 0 aromatic heterocycles. The number of hydrogen-bond donors (Lipinski definition) is 3. The van der Waals surface area contributed by atoms with Crippen LogP contribution in [0.1, 0.15) is 11.1 Å². The third-order valence-electron chi connectivity index (χ3n) is 1.96. The maximum absolute atomic E-state index is 10.6. The van der Waals surface area contributed by atoms with E-state index in [0.29, 0.717) is 12.1 Å². The van der Waals surface area contributed by atoms with Crippen LogP contribution in [0.25, 0.3) is 0 Å². The van der Waals surface area contributed by atoms with Crippen LogP contribution in [0.3, 0.4) is 0 Å². The number of rotatable bonds is 4. The largest absolute Gasteiger partial charge is 0.476 e. The first kappa shape index (κ1) is 11.2. The first-order chi connectivity index (χ1) is 7.19. The molecule has 15 heavy (non-hydrogen) atoms. The number of benzene rings is 1. The Morgan fingerprint density at radius 3 is 2.33 bits per heavy atom. The minimum Gasteiger partial charge on any atom is -0.476 e. The number of carboxylic acid groups (broad SMARTS) is 1. The van der Waals surface area contributed by atoms with Gasteiger partial charge in [-0.3, -0.25) is 0 Å². The summed E-state index contributed by atoms with van der Waals surface area (Å²) in [5.74, 6) is -1.26. The summed E-state index contributed by atoms with van der Waals surface area (Å²) >= 11 is 0. The van der Waals surface area contributed by atoms with Crippen molar-refractivity contribution in [1.29, 1.82) is 0 Å². The predicted molar refractivity (Wildman–Crippen MR) is 55.2 cm³/mol. The number of carboxylic acids is 1. The molecule has 0 aliphatic rings. The molecule has 0 unspecified atom stereocenters. The minimum atomic E-state index is -1.26. The summed E-state index contributed by atoms with van der Waals surface area (Å²) in [6.07, 6.45) is 0.735. The van der Waals surface area contributed by atoms with E-state index in [9.17, 15) is 4.79 Å². The molecule has 4 N–H and O–H groups in total. The standard InChI is InChI=1S/C10H12N2O3/c11-6-5-7-1-3-8(4-2-7)9(12-15)10(13)14/h1-4,15H,5-6,11H2,(H,13,14). The van der Waals surface area contributed by atoms with Gasteiger partial charge in [0, 0.05) is 5.56 Å². The SMILES string of the molecule is NCCc1ccc(C(=NO)C(=O)O)cc1. The Morgan fingerprint density at radius 1 is 1.33 bits per heavy atom. The molecule has 0 atom stereocenters. The molecule has 0 bridgehead atoms. The first-order valence-electron chi connectivity index (χ1n) is 4.43. The van der Waals surface area contributed by atoms with Crippen molar-refractivity contribution in [3.63, 3.8) is 0 Å². The molecule has 0 aliphatic heterocycles.